The van der Waals surface area contributed by atoms with Crippen LogP contribution in [0.1, 0.15) is 11.1 Å². The number of nitrogens with one attached hydrogen (secondary N) is 2. The van der Waals surface area contributed by atoms with Crippen LogP contribution in [0, 0.1) is 0 Å². The minimum absolute atomic E-state index is 0.446. The molecule has 0 saturated carbocycles. The first-order valence-electron chi connectivity index (χ1n) is 9.29. The first kappa shape index (κ1) is 22.0. The molecule has 0 radical (unpaired) electrons. The second-order valence-corrected chi connectivity index (χ2v) is 7.29. The van der Waals surface area contributed by atoms with Gasteiger partial charge in [-0.15, -0.1) is 0 Å². The first-order valence-corrected chi connectivity index (χ1v) is 10.1. The van der Waals surface area contributed by atoms with Crippen LogP contribution in [0.5, 0.6) is 11.5 Å². The number of benzene rings is 3. The molecule has 0 aromatic heterocycles. The summed E-state index contributed by atoms with van der Waals surface area (Å²) in [6.45, 7) is 0.458. The lowest BCUT2D eigenvalue weighted by Crippen LogP contribution is -2.32. The number of carbonyl (C=O) groups excluding carboxylic acids is 2. The van der Waals surface area contributed by atoms with Gasteiger partial charge in [-0.3, -0.25) is 9.59 Å². The lowest BCUT2D eigenvalue weighted by atomic mass is 10.2. The molecule has 0 saturated heterocycles. The second kappa shape index (κ2) is 10.9. The summed E-state index contributed by atoms with van der Waals surface area (Å²) in [6, 6.07) is 21.8. The van der Waals surface area contributed by atoms with E-state index in [1.165, 1.54) is 13.3 Å². The van der Waals surface area contributed by atoms with Crippen LogP contribution in [0.3, 0.4) is 0 Å². The highest BCUT2D eigenvalue weighted by Gasteiger charge is 2.13. The van der Waals surface area contributed by atoms with Gasteiger partial charge in [0.05, 0.1) is 13.3 Å². The van der Waals surface area contributed by atoms with Crippen molar-refractivity contribution in [2.24, 2.45) is 5.10 Å². The van der Waals surface area contributed by atoms with Gasteiger partial charge in [-0.1, -0.05) is 34.1 Å². The largest absolute Gasteiger partial charge is 0.497 e. The Morgan fingerprint density at radius 3 is 2.42 bits per heavy atom. The van der Waals surface area contributed by atoms with Crippen LogP contribution >= 0.6 is 15.9 Å². The van der Waals surface area contributed by atoms with Crippen LogP contribution in [0.4, 0.5) is 5.69 Å². The first-order chi connectivity index (χ1) is 15.0. The average Bonchev–Trinajstić information content (AvgIpc) is 2.79. The Kier molecular flexibility index (Phi) is 7.78. The molecule has 0 heterocycles. The molecule has 3 rings (SSSR count). The highest BCUT2D eigenvalue weighted by molar-refractivity contribution is 9.10. The molecular weight excluding hydrogens is 462 g/mol. The van der Waals surface area contributed by atoms with Crippen molar-refractivity contribution in [3.63, 3.8) is 0 Å². The number of ether oxygens (including phenoxy) is 2. The second-order valence-electron chi connectivity index (χ2n) is 6.37. The smallest absolute Gasteiger partial charge is 0.329 e. The minimum atomic E-state index is -0.881. The minimum Gasteiger partial charge on any atom is -0.497 e. The van der Waals surface area contributed by atoms with E-state index in [-0.39, 0.29) is 0 Å². The molecule has 158 valence electrons. The Hall–Kier alpha value is -3.65. The fraction of sp³-hybridized carbons (Fsp3) is 0.0870. The molecule has 0 bridgehead atoms. The topological polar surface area (TPSA) is 89.0 Å². The van der Waals surface area contributed by atoms with E-state index in [1.54, 1.807) is 48.5 Å². The maximum absolute atomic E-state index is 11.9. The molecule has 8 heteroatoms. The van der Waals surface area contributed by atoms with Gasteiger partial charge in [0.1, 0.15) is 18.1 Å². The number of hydrazone groups is 1. The quantitative estimate of drug-likeness (QED) is 0.301. The fourth-order valence-corrected chi connectivity index (χ4v) is 2.77. The van der Waals surface area contributed by atoms with Crippen molar-refractivity contribution >= 4 is 39.6 Å². The Labute approximate surface area is 188 Å². The highest BCUT2D eigenvalue weighted by Crippen LogP contribution is 2.17. The Morgan fingerprint density at radius 2 is 1.71 bits per heavy atom. The van der Waals surface area contributed by atoms with Gasteiger partial charge in [-0.2, -0.15) is 5.10 Å². The van der Waals surface area contributed by atoms with Crippen molar-refractivity contribution in [2.45, 2.75) is 6.61 Å². The number of methoxy groups -OCH3 is 1. The van der Waals surface area contributed by atoms with E-state index >= 15 is 0 Å². The number of amides is 2. The van der Waals surface area contributed by atoms with Crippen molar-refractivity contribution < 1.29 is 19.1 Å². The number of hydrogen-bond donors (Lipinski definition) is 2. The van der Waals surface area contributed by atoms with Gasteiger partial charge >= 0.3 is 11.8 Å². The number of rotatable bonds is 7. The highest BCUT2D eigenvalue weighted by atomic mass is 79.9. The lowest BCUT2D eigenvalue weighted by molar-refractivity contribution is -0.136. The number of anilines is 1. The fourth-order valence-electron chi connectivity index (χ4n) is 2.50. The maximum Gasteiger partial charge on any atom is 0.329 e. The van der Waals surface area contributed by atoms with Gasteiger partial charge in [0, 0.05) is 16.2 Å². The van der Waals surface area contributed by atoms with Gasteiger partial charge in [-0.25, -0.2) is 5.43 Å². The summed E-state index contributed by atoms with van der Waals surface area (Å²) >= 11 is 3.40. The molecule has 0 unspecified atom stereocenters. The normalized spacial score (nSPS) is 10.5. The molecule has 0 aliphatic carbocycles. The van der Waals surface area contributed by atoms with Crippen LogP contribution in [0.2, 0.25) is 0 Å². The third kappa shape index (κ3) is 6.97. The van der Waals surface area contributed by atoms with E-state index in [1.807, 2.05) is 24.3 Å². The van der Waals surface area contributed by atoms with Crippen molar-refractivity contribution in [3.05, 3.63) is 88.4 Å². The van der Waals surface area contributed by atoms with Gasteiger partial charge in [0.25, 0.3) is 0 Å². The number of carbonyl (C=O) groups is 2. The van der Waals surface area contributed by atoms with Crippen molar-refractivity contribution in [1.29, 1.82) is 0 Å². The van der Waals surface area contributed by atoms with Gasteiger partial charge < -0.3 is 14.8 Å². The van der Waals surface area contributed by atoms with E-state index < -0.39 is 11.8 Å². The molecule has 0 atom stereocenters. The molecule has 0 aliphatic heterocycles. The number of halogens is 1. The molecule has 2 N–H and O–H groups in total. The zero-order chi connectivity index (χ0) is 22.1. The molecule has 3 aromatic rings. The molecule has 3 aromatic carbocycles. The summed E-state index contributed by atoms with van der Waals surface area (Å²) in [6.07, 6.45) is 1.44. The standard InChI is InChI=1S/C23H20BrN3O4/c1-30-21-4-2-3-19(13-21)26-22(28)23(29)27-25-14-16-7-11-20(12-8-16)31-15-17-5-9-18(24)10-6-17/h2-14H,15H2,1H3,(H,26,28)(H,27,29)/b25-14-. The molecule has 0 fully saturated rings. The Bertz CT molecular complexity index is 1070. The number of nitrogens with zero attached hydrogens (tertiary/aromatic N) is 1. The predicted molar refractivity (Wildman–Crippen MR) is 122 cm³/mol. The zero-order valence-corrected chi connectivity index (χ0v) is 18.3. The van der Waals surface area contributed by atoms with Crippen LogP contribution in [0.25, 0.3) is 0 Å². The molecule has 7 nitrogen and oxygen atoms in total. The van der Waals surface area contributed by atoms with Crippen LogP contribution < -0.4 is 20.2 Å². The third-order valence-electron chi connectivity index (χ3n) is 4.11. The lowest BCUT2D eigenvalue weighted by Gasteiger charge is -2.07. The summed E-state index contributed by atoms with van der Waals surface area (Å²) in [5, 5.41) is 6.29. The van der Waals surface area contributed by atoms with Crippen LogP contribution in [-0.4, -0.2) is 25.1 Å². The predicted octanol–water partition coefficient (Wildman–Crippen LogP) is 4.13. The molecule has 0 spiro atoms. The van der Waals surface area contributed by atoms with E-state index in [9.17, 15) is 9.59 Å². The molecule has 31 heavy (non-hydrogen) atoms. The van der Waals surface area contributed by atoms with Crippen molar-refractivity contribution in [1.82, 2.24) is 5.43 Å². The summed E-state index contributed by atoms with van der Waals surface area (Å²) < 4.78 is 11.8. The maximum atomic E-state index is 11.9. The summed E-state index contributed by atoms with van der Waals surface area (Å²) in [4.78, 5) is 23.8. The third-order valence-corrected chi connectivity index (χ3v) is 4.64. The SMILES string of the molecule is COc1cccc(NC(=O)C(=O)N/N=C\c2ccc(OCc3ccc(Br)cc3)cc2)c1. The molecule has 2 amide bonds. The van der Waals surface area contributed by atoms with Gasteiger partial charge in [0.15, 0.2) is 0 Å². The molecular formula is C23H20BrN3O4. The summed E-state index contributed by atoms with van der Waals surface area (Å²) in [5.41, 5.74) is 4.44. The molecule has 0 aliphatic rings. The zero-order valence-electron chi connectivity index (χ0n) is 16.7. The van der Waals surface area contributed by atoms with E-state index in [0.717, 1.165) is 15.6 Å². The van der Waals surface area contributed by atoms with Crippen LogP contribution in [0.15, 0.2) is 82.4 Å². The van der Waals surface area contributed by atoms with Crippen molar-refractivity contribution in [3.8, 4) is 11.5 Å². The van der Waals surface area contributed by atoms with E-state index in [0.29, 0.717) is 23.8 Å². The number of hydrogen-bond acceptors (Lipinski definition) is 5. The van der Waals surface area contributed by atoms with Gasteiger partial charge in [0.2, 0.25) is 0 Å². The van der Waals surface area contributed by atoms with E-state index in [4.69, 9.17) is 9.47 Å². The average molecular weight is 482 g/mol. The summed E-state index contributed by atoms with van der Waals surface area (Å²) in [5.74, 6) is -0.433. The summed E-state index contributed by atoms with van der Waals surface area (Å²) in [7, 11) is 1.52. The van der Waals surface area contributed by atoms with Crippen LogP contribution in [-0.2, 0) is 16.2 Å². The van der Waals surface area contributed by atoms with Crippen molar-refractivity contribution in [2.75, 3.05) is 12.4 Å². The Balaban J connectivity index is 1.46. The van der Waals surface area contributed by atoms with E-state index in [2.05, 4.69) is 31.8 Å². The monoisotopic (exact) mass is 481 g/mol. The Morgan fingerprint density at radius 1 is 0.968 bits per heavy atom. The van der Waals surface area contributed by atoms with Gasteiger partial charge in [-0.05, 0) is 59.7 Å².